The monoisotopic (exact) mass is 300 g/mol. The van der Waals surface area contributed by atoms with Gasteiger partial charge in [0.05, 0.1) is 0 Å². The van der Waals surface area contributed by atoms with E-state index in [4.69, 9.17) is 5.73 Å². The minimum absolute atomic E-state index is 0.0793. The molecule has 0 amide bonds. The summed E-state index contributed by atoms with van der Waals surface area (Å²) in [6, 6.07) is 0. The number of hydrogen-bond donors (Lipinski definition) is 3. The molecule has 8 heteroatoms. The zero-order valence-corrected chi connectivity index (χ0v) is 12.3. The Labute approximate surface area is 120 Å². The highest BCUT2D eigenvalue weighted by atomic mass is 32.2. The van der Waals surface area contributed by atoms with Gasteiger partial charge >= 0.3 is 11.7 Å². The van der Waals surface area contributed by atoms with Crippen LogP contribution in [0.25, 0.3) is 0 Å². The Hall–Kier alpha value is -1.28. The molecule has 1 aromatic rings. The number of aromatic nitrogens is 3. The van der Waals surface area contributed by atoms with Crippen molar-refractivity contribution < 1.29 is 9.90 Å². The largest absolute Gasteiger partial charge is 0.480 e. The Kier molecular flexibility index (Phi) is 4.54. The molecule has 20 heavy (non-hydrogen) atoms. The van der Waals surface area contributed by atoms with Gasteiger partial charge in [-0.15, -0.1) is 5.10 Å². The second kappa shape index (κ2) is 6.01. The van der Waals surface area contributed by atoms with Crippen LogP contribution in [0.2, 0.25) is 0 Å². The first kappa shape index (κ1) is 15.1. The summed E-state index contributed by atoms with van der Waals surface area (Å²) in [7, 11) is 0. The zero-order valence-electron chi connectivity index (χ0n) is 11.5. The number of nitrogens with zero attached hydrogens (tertiary/aromatic N) is 2. The van der Waals surface area contributed by atoms with E-state index in [1.54, 1.807) is 4.57 Å². The lowest BCUT2D eigenvalue weighted by atomic mass is 9.82. The van der Waals surface area contributed by atoms with Crippen molar-refractivity contribution in [2.45, 2.75) is 61.5 Å². The summed E-state index contributed by atoms with van der Waals surface area (Å²) in [5.41, 5.74) is 4.57. The average molecular weight is 300 g/mol. The lowest BCUT2D eigenvalue weighted by Crippen LogP contribution is -2.51. The van der Waals surface area contributed by atoms with Crippen LogP contribution >= 0.6 is 11.8 Å². The topological polar surface area (TPSA) is 114 Å². The number of H-pyrrole nitrogens is 1. The highest BCUT2D eigenvalue weighted by Gasteiger charge is 2.40. The van der Waals surface area contributed by atoms with Crippen LogP contribution < -0.4 is 11.4 Å². The molecule has 0 spiro atoms. The molecular weight excluding hydrogens is 280 g/mol. The van der Waals surface area contributed by atoms with E-state index in [0.29, 0.717) is 24.5 Å². The first-order valence-corrected chi connectivity index (χ1v) is 7.68. The Morgan fingerprint density at radius 3 is 3.10 bits per heavy atom. The lowest BCUT2D eigenvalue weighted by molar-refractivity contribution is -0.144. The highest BCUT2D eigenvalue weighted by molar-refractivity contribution is 7.99. The number of thioether (sulfide) groups is 1. The van der Waals surface area contributed by atoms with Crippen molar-refractivity contribution in [2.75, 3.05) is 0 Å². The summed E-state index contributed by atoms with van der Waals surface area (Å²) >= 11 is 1.45. The van der Waals surface area contributed by atoms with E-state index < -0.39 is 11.5 Å². The smallest absolute Gasteiger partial charge is 0.343 e. The van der Waals surface area contributed by atoms with Gasteiger partial charge in [0.2, 0.25) is 0 Å². The standard InChI is InChI=1S/C12H20N4O3S/c1-2-6-16-10(19)14-15-11(16)20-8-4-3-5-12(13,7-8)9(17)18/h8H,2-7,13H2,1H3,(H,14,19)(H,17,18). The lowest BCUT2D eigenvalue weighted by Gasteiger charge is -2.33. The quantitative estimate of drug-likeness (QED) is 0.741. The number of rotatable bonds is 5. The van der Waals surface area contributed by atoms with Gasteiger partial charge in [0, 0.05) is 11.8 Å². The molecule has 0 bridgehead atoms. The van der Waals surface area contributed by atoms with Crippen molar-refractivity contribution in [3.63, 3.8) is 0 Å². The molecule has 0 aliphatic heterocycles. The van der Waals surface area contributed by atoms with Crippen LogP contribution in [0.15, 0.2) is 9.95 Å². The maximum absolute atomic E-state index is 11.6. The molecule has 1 fully saturated rings. The van der Waals surface area contributed by atoms with Crippen molar-refractivity contribution in [2.24, 2.45) is 5.73 Å². The molecule has 7 nitrogen and oxygen atoms in total. The predicted molar refractivity (Wildman–Crippen MR) is 75.8 cm³/mol. The van der Waals surface area contributed by atoms with Gasteiger partial charge in [-0.2, -0.15) is 0 Å². The maximum atomic E-state index is 11.6. The highest BCUT2D eigenvalue weighted by Crippen LogP contribution is 2.36. The SMILES string of the molecule is CCCn1c(SC2CCCC(N)(C(=O)O)C2)n[nH]c1=O. The minimum Gasteiger partial charge on any atom is -0.480 e. The first-order chi connectivity index (χ1) is 9.46. The van der Waals surface area contributed by atoms with Gasteiger partial charge in [0.15, 0.2) is 5.16 Å². The van der Waals surface area contributed by atoms with Crippen LogP contribution in [0.3, 0.4) is 0 Å². The van der Waals surface area contributed by atoms with Crippen LogP contribution in [0.1, 0.15) is 39.0 Å². The minimum atomic E-state index is -1.15. The normalized spacial score (nSPS) is 26.6. The second-order valence-electron chi connectivity index (χ2n) is 5.26. The fraction of sp³-hybridized carbons (Fsp3) is 0.750. The van der Waals surface area contributed by atoms with Gasteiger partial charge in [-0.1, -0.05) is 18.7 Å². The van der Waals surface area contributed by atoms with E-state index in [2.05, 4.69) is 10.2 Å². The van der Waals surface area contributed by atoms with Crippen LogP contribution in [-0.4, -0.2) is 36.6 Å². The van der Waals surface area contributed by atoms with Crippen molar-refractivity contribution >= 4 is 17.7 Å². The number of aromatic amines is 1. The number of carboxylic acids is 1. The predicted octanol–water partition coefficient (Wildman–Crippen LogP) is 0.798. The summed E-state index contributed by atoms with van der Waals surface area (Å²) in [4.78, 5) is 22.9. The van der Waals surface area contributed by atoms with Crippen LogP contribution in [0.4, 0.5) is 0 Å². The molecule has 2 unspecified atom stereocenters. The molecule has 0 radical (unpaired) electrons. The number of hydrogen-bond acceptors (Lipinski definition) is 5. The Balaban J connectivity index is 2.10. The molecule has 1 aliphatic rings. The molecule has 1 aromatic heterocycles. The summed E-state index contributed by atoms with van der Waals surface area (Å²) in [6.07, 6.45) is 3.42. The number of carboxylic acid groups (broad SMARTS) is 1. The first-order valence-electron chi connectivity index (χ1n) is 6.80. The second-order valence-corrected chi connectivity index (χ2v) is 6.53. The number of carbonyl (C=O) groups is 1. The van der Waals surface area contributed by atoms with E-state index in [1.165, 1.54) is 11.8 Å². The molecule has 1 heterocycles. The molecule has 0 saturated heterocycles. The Bertz CT molecular complexity index is 541. The number of aliphatic carboxylic acids is 1. The molecule has 1 aliphatic carbocycles. The van der Waals surface area contributed by atoms with Gasteiger partial charge in [-0.25, -0.2) is 9.89 Å². The van der Waals surface area contributed by atoms with E-state index >= 15 is 0 Å². The number of nitrogens with two attached hydrogens (primary N) is 1. The summed E-state index contributed by atoms with van der Waals surface area (Å²) < 4.78 is 1.60. The van der Waals surface area contributed by atoms with Crippen molar-refractivity contribution in [3.05, 3.63) is 10.5 Å². The molecule has 112 valence electrons. The summed E-state index contributed by atoms with van der Waals surface area (Å²) in [6.45, 7) is 2.60. The van der Waals surface area contributed by atoms with E-state index in [1.807, 2.05) is 6.92 Å². The van der Waals surface area contributed by atoms with Crippen molar-refractivity contribution in [3.8, 4) is 0 Å². The molecule has 1 saturated carbocycles. The van der Waals surface area contributed by atoms with E-state index in [0.717, 1.165) is 19.3 Å². The average Bonchev–Trinajstić information content (AvgIpc) is 2.72. The molecule has 0 aromatic carbocycles. The van der Waals surface area contributed by atoms with Gasteiger partial charge in [-0.3, -0.25) is 9.36 Å². The molecule has 2 atom stereocenters. The molecule has 4 N–H and O–H groups in total. The van der Waals surface area contributed by atoms with Gasteiger partial charge in [-0.05, 0) is 32.1 Å². The maximum Gasteiger partial charge on any atom is 0.343 e. The Morgan fingerprint density at radius 1 is 1.70 bits per heavy atom. The van der Waals surface area contributed by atoms with Gasteiger partial charge in [0.25, 0.3) is 0 Å². The van der Waals surface area contributed by atoms with Gasteiger partial charge in [0.1, 0.15) is 5.54 Å². The van der Waals surface area contributed by atoms with E-state index in [9.17, 15) is 14.7 Å². The van der Waals surface area contributed by atoms with Crippen molar-refractivity contribution in [1.29, 1.82) is 0 Å². The number of nitrogens with one attached hydrogen (secondary N) is 1. The van der Waals surface area contributed by atoms with Gasteiger partial charge < -0.3 is 10.8 Å². The fourth-order valence-corrected chi connectivity index (χ4v) is 3.88. The van der Waals surface area contributed by atoms with Crippen LogP contribution in [-0.2, 0) is 11.3 Å². The Morgan fingerprint density at radius 2 is 2.45 bits per heavy atom. The third kappa shape index (κ3) is 3.06. The third-order valence-corrected chi connectivity index (χ3v) is 4.87. The van der Waals surface area contributed by atoms with Crippen molar-refractivity contribution in [1.82, 2.24) is 14.8 Å². The summed E-state index contributed by atoms with van der Waals surface area (Å²) in [5, 5.41) is 16.4. The van der Waals surface area contributed by atoms with Crippen LogP contribution in [0.5, 0.6) is 0 Å². The van der Waals surface area contributed by atoms with E-state index in [-0.39, 0.29) is 10.9 Å². The third-order valence-electron chi connectivity index (χ3n) is 3.61. The summed E-state index contributed by atoms with van der Waals surface area (Å²) in [5.74, 6) is -0.948. The molecule has 2 rings (SSSR count). The fourth-order valence-electron chi connectivity index (χ4n) is 2.51. The zero-order chi connectivity index (χ0) is 14.8. The van der Waals surface area contributed by atoms with Crippen LogP contribution in [0, 0.1) is 0 Å². The molecular formula is C12H20N4O3S.